The van der Waals surface area contributed by atoms with Crippen molar-refractivity contribution in [3.63, 3.8) is 0 Å². The molecule has 3 N–H and O–H groups in total. The van der Waals surface area contributed by atoms with Crippen LogP contribution < -0.4 is 16.0 Å². The van der Waals surface area contributed by atoms with Crippen molar-refractivity contribution in [1.29, 1.82) is 0 Å². The summed E-state index contributed by atoms with van der Waals surface area (Å²) in [5.41, 5.74) is 1.09. The van der Waals surface area contributed by atoms with Gasteiger partial charge in [0.2, 0.25) is 5.91 Å². The third kappa shape index (κ3) is 7.34. The van der Waals surface area contributed by atoms with Crippen LogP contribution in [0.25, 0.3) is 0 Å². The van der Waals surface area contributed by atoms with E-state index in [1.807, 2.05) is 50.4 Å². The number of thiazole rings is 1. The Morgan fingerprint density at radius 3 is 2.68 bits per heavy atom. The first-order chi connectivity index (χ1) is 12.2. The quantitative estimate of drug-likeness (QED) is 0.499. The predicted molar refractivity (Wildman–Crippen MR) is 103 cm³/mol. The minimum atomic E-state index is 0.0164. The fraction of sp³-hybridized carbons (Fsp3) is 0.389. The van der Waals surface area contributed by atoms with Crippen LogP contribution in [0.15, 0.2) is 41.5 Å². The second-order valence-corrected chi connectivity index (χ2v) is 6.82. The Balaban J connectivity index is 1.71. The van der Waals surface area contributed by atoms with E-state index in [0.29, 0.717) is 32.0 Å². The maximum atomic E-state index is 11.9. The summed E-state index contributed by atoms with van der Waals surface area (Å²) < 4.78 is 0. The average Bonchev–Trinajstić information content (AvgIpc) is 3.04. The first-order valence-corrected chi connectivity index (χ1v) is 9.23. The fourth-order valence-corrected chi connectivity index (χ4v) is 2.85. The standard InChI is InChI=1S/C18H25N5OS/c1-3-19-18(23-13-17-22-11-14(2)25-17)20-10-9-16(24)21-12-15-7-5-4-6-8-15/h4-8,11H,3,9-10,12-13H2,1-2H3,(H,21,24)(H2,19,20,23). The van der Waals surface area contributed by atoms with Crippen molar-refractivity contribution in [2.24, 2.45) is 4.99 Å². The molecule has 1 aromatic carbocycles. The molecule has 7 heteroatoms. The Bertz CT molecular complexity index is 684. The van der Waals surface area contributed by atoms with Crippen LogP contribution in [0.5, 0.6) is 0 Å². The van der Waals surface area contributed by atoms with E-state index < -0.39 is 0 Å². The molecule has 0 unspecified atom stereocenters. The molecule has 1 amide bonds. The van der Waals surface area contributed by atoms with Crippen molar-refractivity contribution in [2.45, 2.75) is 33.4 Å². The van der Waals surface area contributed by atoms with Crippen LogP contribution in [0.3, 0.4) is 0 Å². The second-order valence-electron chi connectivity index (χ2n) is 5.50. The molecule has 25 heavy (non-hydrogen) atoms. The smallest absolute Gasteiger partial charge is 0.222 e. The molecule has 1 aromatic heterocycles. The number of nitrogens with one attached hydrogen (secondary N) is 3. The van der Waals surface area contributed by atoms with Gasteiger partial charge in [0, 0.05) is 37.1 Å². The van der Waals surface area contributed by atoms with Crippen molar-refractivity contribution in [3.8, 4) is 0 Å². The number of guanidine groups is 1. The molecule has 0 spiro atoms. The number of carbonyl (C=O) groups excluding carboxylic acids is 1. The molecule has 0 atom stereocenters. The van der Waals surface area contributed by atoms with Crippen LogP contribution in [-0.2, 0) is 17.9 Å². The molecule has 1 heterocycles. The summed E-state index contributed by atoms with van der Waals surface area (Å²) in [5, 5.41) is 10.3. The van der Waals surface area contributed by atoms with Crippen LogP contribution >= 0.6 is 11.3 Å². The molecule has 0 aliphatic carbocycles. The van der Waals surface area contributed by atoms with E-state index >= 15 is 0 Å². The third-order valence-corrected chi connectivity index (χ3v) is 4.26. The van der Waals surface area contributed by atoms with E-state index in [4.69, 9.17) is 0 Å². The molecule has 0 saturated heterocycles. The van der Waals surface area contributed by atoms with E-state index in [2.05, 4.69) is 25.9 Å². The molecule has 2 rings (SSSR count). The Kier molecular flexibility index (Phi) is 7.91. The van der Waals surface area contributed by atoms with Gasteiger partial charge in [-0.05, 0) is 19.4 Å². The Morgan fingerprint density at radius 1 is 1.20 bits per heavy atom. The van der Waals surface area contributed by atoms with Gasteiger partial charge in [-0.3, -0.25) is 4.79 Å². The first-order valence-electron chi connectivity index (χ1n) is 8.41. The molecule has 0 radical (unpaired) electrons. The van der Waals surface area contributed by atoms with E-state index in [0.717, 1.165) is 17.1 Å². The molecule has 6 nitrogen and oxygen atoms in total. The minimum absolute atomic E-state index is 0.0164. The van der Waals surface area contributed by atoms with E-state index in [1.54, 1.807) is 11.3 Å². The minimum Gasteiger partial charge on any atom is -0.357 e. The zero-order chi connectivity index (χ0) is 17.9. The summed E-state index contributed by atoms with van der Waals surface area (Å²) in [5.74, 6) is 0.717. The molecular weight excluding hydrogens is 334 g/mol. The van der Waals surface area contributed by atoms with Gasteiger partial charge < -0.3 is 16.0 Å². The van der Waals surface area contributed by atoms with Gasteiger partial charge in [-0.2, -0.15) is 0 Å². The lowest BCUT2D eigenvalue weighted by Gasteiger charge is -2.11. The second kappa shape index (κ2) is 10.5. The number of aromatic nitrogens is 1. The number of hydrogen-bond donors (Lipinski definition) is 3. The van der Waals surface area contributed by atoms with Crippen molar-refractivity contribution in [3.05, 3.63) is 52.0 Å². The largest absolute Gasteiger partial charge is 0.357 e. The number of amides is 1. The lowest BCUT2D eigenvalue weighted by atomic mass is 10.2. The maximum absolute atomic E-state index is 11.9. The van der Waals surface area contributed by atoms with E-state index in [1.165, 1.54) is 4.88 Å². The van der Waals surface area contributed by atoms with Crippen molar-refractivity contribution < 1.29 is 4.79 Å². The number of carbonyl (C=O) groups is 1. The number of rotatable bonds is 8. The van der Waals surface area contributed by atoms with Crippen molar-refractivity contribution >= 4 is 23.2 Å². The average molecular weight is 359 g/mol. The molecular formula is C18H25N5OS. The zero-order valence-electron chi connectivity index (χ0n) is 14.7. The van der Waals surface area contributed by atoms with Crippen LogP contribution in [0.1, 0.15) is 28.8 Å². The van der Waals surface area contributed by atoms with Gasteiger partial charge in [0.15, 0.2) is 5.96 Å². The number of aliphatic imine (C=N–C) groups is 1. The van der Waals surface area contributed by atoms with Gasteiger partial charge in [-0.25, -0.2) is 9.98 Å². The number of benzene rings is 1. The topological polar surface area (TPSA) is 78.4 Å². The van der Waals surface area contributed by atoms with E-state index in [9.17, 15) is 4.79 Å². The van der Waals surface area contributed by atoms with E-state index in [-0.39, 0.29) is 5.91 Å². The summed E-state index contributed by atoms with van der Waals surface area (Å²) in [4.78, 5) is 21.9. The third-order valence-electron chi connectivity index (χ3n) is 3.36. The number of hydrogen-bond acceptors (Lipinski definition) is 4. The van der Waals surface area contributed by atoms with Gasteiger partial charge in [0.05, 0.1) is 6.54 Å². The lowest BCUT2D eigenvalue weighted by molar-refractivity contribution is -0.121. The molecule has 2 aromatic rings. The van der Waals surface area contributed by atoms with Gasteiger partial charge in [0.25, 0.3) is 0 Å². The molecule has 0 aliphatic rings. The first kappa shape index (κ1) is 18.9. The number of aryl methyl sites for hydroxylation is 1. The Hall–Kier alpha value is -2.41. The van der Waals surface area contributed by atoms with Gasteiger partial charge in [-0.15, -0.1) is 11.3 Å². The van der Waals surface area contributed by atoms with Crippen molar-refractivity contribution in [2.75, 3.05) is 13.1 Å². The summed E-state index contributed by atoms with van der Waals surface area (Å²) in [6.07, 6.45) is 2.25. The predicted octanol–water partition coefficient (Wildman–Crippen LogP) is 2.21. The zero-order valence-corrected chi connectivity index (χ0v) is 15.5. The van der Waals surface area contributed by atoms with Gasteiger partial charge in [0.1, 0.15) is 5.01 Å². The molecule has 0 bridgehead atoms. The van der Waals surface area contributed by atoms with Crippen LogP contribution in [0, 0.1) is 6.92 Å². The summed E-state index contributed by atoms with van der Waals surface area (Å²) >= 11 is 1.64. The summed E-state index contributed by atoms with van der Waals surface area (Å²) in [6.45, 7) is 6.43. The Labute approximate surface area is 152 Å². The normalized spacial score (nSPS) is 11.2. The SMILES string of the molecule is CCNC(=NCc1ncc(C)s1)NCCC(=O)NCc1ccccc1. The van der Waals surface area contributed by atoms with Gasteiger partial charge >= 0.3 is 0 Å². The highest BCUT2D eigenvalue weighted by atomic mass is 32.1. The van der Waals surface area contributed by atoms with Crippen LogP contribution in [0.4, 0.5) is 0 Å². The highest BCUT2D eigenvalue weighted by molar-refractivity contribution is 7.11. The van der Waals surface area contributed by atoms with Crippen LogP contribution in [0.2, 0.25) is 0 Å². The number of nitrogens with zero attached hydrogens (tertiary/aromatic N) is 2. The highest BCUT2D eigenvalue weighted by Crippen LogP contribution is 2.11. The maximum Gasteiger partial charge on any atom is 0.222 e. The summed E-state index contributed by atoms with van der Waals surface area (Å²) in [6, 6.07) is 9.88. The molecule has 0 saturated carbocycles. The summed E-state index contributed by atoms with van der Waals surface area (Å²) in [7, 11) is 0. The highest BCUT2D eigenvalue weighted by Gasteiger charge is 2.04. The lowest BCUT2D eigenvalue weighted by Crippen LogP contribution is -2.39. The van der Waals surface area contributed by atoms with Crippen LogP contribution in [-0.4, -0.2) is 29.9 Å². The molecule has 0 aliphatic heterocycles. The fourth-order valence-electron chi connectivity index (χ4n) is 2.14. The molecule has 134 valence electrons. The van der Waals surface area contributed by atoms with Gasteiger partial charge in [-0.1, -0.05) is 30.3 Å². The molecule has 0 fully saturated rings. The Morgan fingerprint density at radius 2 is 2.00 bits per heavy atom. The monoisotopic (exact) mass is 359 g/mol. The van der Waals surface area contributed by atoms with Crippen molar-refractivity contribution in [1.82, 2.24) is 20.9 Å².